The maximum atomic E-state index is 11.9. The summed E-state index contributed by atoms with van der Waals surface area (Å²) >= 11 is 0. The average Bonchev–Trinajstić information content (AvgIpc) is 2.45. The summed E-state index contributed by atoms with van der Waals surface area (Å²) in [5.41, 5.74) is 0.413. The van der Waals surface area contributed by atoms with Crippen molar-refractivity contribution >= 4 is 13.6 Å². The number of aliphatic hydroxyl groups is 1. The lowest BCUT2D eigenvalue weighted by atomic mass is 9.52. The van der Waals surface area contributed by atoms with Crippen LogP contribution in [-0.4, -0.2) is 25.3 Å². The quantitative estimate of drug-likeness (QED) is 0.488. The number of nitrogens with zero attached hydrogens (tertiary/aromatic N) is 1. The van der Waals surface area contributed by atoms with Crippen molar-refractivity contribution in [2.75, 3.05) is 6.61 Å². The summed E-state index contributed by atoms with van der Waals surface area (Å²) in [7, 11) is 2.10. The third-order valence-corrected chi connectivity index (χ3v) is 4.38. The van der Waals surface area contributed by atoms with Crippen LogP contribution in [0.25, 0.3) is 0 Å². The number of carbonyl (C=O) groups excluding carboxylic acids is 1. The Morgan fingerprint density at radius 3 is 2.76 bits per heavy atom. The van der Waals surface area contributed by atoms with Gasteiger partial charge < -0.3 is 5.11 Å². The molecule has 3 unspecified atom stereocenters. The molecule has 1 aliphatic rings. The second kappa shape index (κ2) is 6.96. The molecule has 3 atom stereocenters. The summed E-state index contributed by atoms with van der Waals surface area (Å²) in [6.45, 7) is 5.72. The van der Waals surface area contributed by atoms with Gasteiger partial charge in [0.05, 0.1) is 11.5 Å². The highest BCUT2D eigenvalue weighted by molar-refractivity contribution is 6.17. The molecule has 1 rings (SSSR count). The molecule has 0 aromatic heterocycles. The first-order valence-electron chi connectivity index (χ1n) is 7.52. The number of hydrogen-bond acceptors (Lipinski definition) is 3. The lowest BCUT2D eigenvalue weighted by Crippen LogP contribution is -2.33. The molecule has 0 heterocycles. The van der Waals surface area contributed by atoms with E-state index >= 15 is 0 Å². The minimum Gasteiger partial charge on any atom is -0.384 e. The van der Waals surface area contributed by atoms with Crippen molar-refractivity contribution in [3.05, 3.63) is 11.6 Å². The molecular weight excluding hydrogens is 261 g/mol. The third kappa shape index (κ3) is 3.99. The largest absolute Gasteiger partial charge is 0.384 e. The molecule has 0 spiro atoms. The van der Waals surface area contributed by atoms with E-state index in [1.165, 1.54) is 0 Å². The van der Waals surface area contributed by atoms with Crippen molar-refractivity contribution in [2.24, 2.45) is 11.3 Å². The van der Waals surface area contributed by atoms with Crippen LogP contribution in [0.1, 0.15) is 46.5 Å². The molecule has 112 valence electrons. The number of rotatable bonds is 4. The lowest BCUT2D eigenvalue weighted by Gasteiger charge is -2.41. The third-order valence-electron chi connectivity index (χ3n) is 4.38. The summed E-state index contributed by atoms with van der Waals surface area (Å²) in [5.74, 6) is 5.86. The molecule has 0 saturated carbocycles. The molecule has 0 amide bonds. The monoisotopic (exact) mass is 285 g/mol. The van der Waals surface area contributed by atoms with Crippen molar-refractivity contribution in [1.29, 1.82) is 5.26 Å². The van der Waals surface area contributed by atoms with Gasteiger partial charge in [-0.3, -0.25) is 4.79 Å². The zero-order valence-electron chi connectivity index (χ0n) is 13.5. The molecule has 0 saturated heterocycles. The summed E-state index contributed by atoms with van der Waals surface area (Å²) in [4.78, 5) is 11.9. The molecule has 0 fully saturated rings. The summed E-state index contributed by atoms with van der Waals surface area (Å²) < 4.78 is 0. The first-order chi connectivity index (χ1) is 9.80. The fourth-order valence-electron chi connectivity index (χ4n) is 3.34. The molecule has 3 nitrogen and oxygen atoms in total. The van der Waals surface area contributed by atoms with E-state index in [0.29, 0.717) is 18.6 Å². The van der Waals surface area contributed by atoms with E-state index in [1.807, 2.05) is 13.8 Å². The van der Waals surface area contributed by atoms with E-state index in [9.17, 15) is 10.1 Å². The number of ketones is 1. The van der Waals surface area contributed by atoms with E-state index in [-0.39, 0.29) is 17.8 Å². The average molecular weight is 285 g/mol. The summed E-state index contributed by atoms with van der Waals surface area (Å²) in [5, 5.41) is 18.2. The number of carbonyl (C=O) groups is 1. The predicted molar refractivity (Wildman–Crippen MR) is 86.2 cm³/mol. The van der Waals surface area contributed by atoms with Gasteiger partial charge in [0, 0.05) is 18.8 Å². The van der Waals surface area contributed by atoms with Crippen molar-refractivity contribution in [3.8, 4) is 17.9 Å². The molecule has 0 aromatic rings. The van der Waals surface area contributed by atoms with E-state index < -0.39 is 5.41 Å². The van der Waals surface area contributed by atoms with Crippen molar-refractivity contribution in [3.63, 3.8) is 0 Å². The highest BCUT2D eigenvalue weighted by atomic mass is 16.2. The van der Waals surface area contributed by atoms with Crippen LogP contribution in [0.5, 0.6) is 0 Å². The Labute approximate surface area is 128 Å². The van der Waals surface area contributed by atoms with Crippen LogP contribution in [0, 0.1) is 34.5 Å². The second-order valence-electron chi connectivity index (χ2n) is 6.59. The Hall–Kier alpha value is -1.52. The van der Waals surface area contributed by atoms with Crippen molar-refractivity contribution in [2.45, 2.75) is 51.8 Å². The molecule has 21 heavy (non-hydrogen) atoms. The van der Waals surface area contributed by atoms with Gasteiger partial charge in [0.2, 0.25) is 0 Å². The van der Waals surface area contributed by atoms with Gasteiger partial charge in [-0.1, -0.05) is 37.3 Å². The molecule has 0 aromatic carbocycles. The van der Waals surface area contributed by atoms with E-state index in [2.05, 4.69) is 38.8 Å². The number of allylic oxidation sites excluding steroid dienone is 2. The number of Topliss-reactive ketones (excluding diaryl/α,β-unsaturated/α-hetero) is 1. The molecule has 1 N–H and O–H groups in total. The number of aliphatic hydroxyl groups excluding tert-OH is 1. The molecule has 1 aliphatic carbocycles. The van der Waals surface area contributed by atoms with Crippen LogP contribution < -0.4 is 0 Å². The van der Waals surface area contributed by atoms with Gasteiger partial charge in [-0.2, -0.15) is 5.26 Å². The highest BCUT2D eigenvalue weighted by Crippen LogP contribution is 2.52. The molecular formula is C17H24BNO2. The van der Waals surface area contributed by atoms with Crippen LogP contribution in [0.2, 0.25) is 5.31 Å². The predicted octanol–water partition coefficient (Wildman–Crippen LogP) is 2.03. The molecule has 0 bridgehead atoms. The van der Waals surface area contributed by atoms with E-state index in [4.69, 9.17) is 5.11 Å². The van der Waals surface area contributed by atoms with Crippen LogP contribution in [0.15, 0.2) is 11.6 Å². The standard InChI is InChI=1S/C17H24BNO2/c1-4-14(21)13-7-8-15(17(3,18)11-13)16(2,12-19)9-5-6-10-20/h8,13,20H,4,7,9-11,18H2,1-3H3. The van der Waals surface area contributed by atoms with Crippen LogP contribution in [-0.2, 0) is 4.79 Å². The fourth-order valence-corrected chi connectivity index (χ4v) is 3.34. The highest BCUT2D eigenvalue weighted by Gasteiger charge is 2.42. The number of hydrogen-bond donors (Lipinski definition) is 1. The van der Waals surface area contributed by atoms with Gasteiger partial charge in [0.15, 0.2) is 0 Å². The van der Waals surface area contributed by atoms with Gasteiger partial charge in [-0.15, -0.1) is 0 Å². The van der Waals surface area contributed by atoms with Crippen molar-refractivity contribution < 1.29 is 9.90 Å². The van der Waals surface area contributed by atoms with Crippen LogP contribution >= 0.6 is 0 Å². The maximum Gasteiger partial charge on any atom is 0.136 e. The Balaban J connectivity index is 3.07. The van der Waals surface area contributed by atoms with E-state index in [0.717, 1.165) is 18.4 Å². The SMILES string of the molecule is BC1(C)CC(C(=O)CC)CC=C1C(C)(C#N)CC#CCO. The van der Waals surface area contributed by atoms with Gasteiger partial charge >= 0.3 is 0 Å². The minimum absolute atomic E-state index is 0.0696. The summed E-state index contributed by atoms with van der Waals surface area (Å²) in [6.07, 6.45) is 4.56. The Kier molecular flexibility index (Phi) is 5.82. The first kappa shape index (κ1) is 17.5. The van der Waals surface area contributed by atoms with Crippen molar-refractivity contribution in [1.82, 2.24) is 0 Å². The Bertz CT molecular complexity index is 533. The first-order valence-corrected chi connectivity index (χ1v) is 7.52. The normalized spacial score (nSPS) is 27.6. The smallest absolute Gasteiger partial charge is 0.136 e. The lowest BCUT2D eigenvalue weighted by molar-refractivity contribution is -0.123. The van der Waals surface area contributed by atoms with E-state index in [1.54, 1.807) is 0 Å². The zero-order chi connectivity index (χ0) is 16.1. The van der Waals surface area contributed by atoms with Gasteiger partial charge in [-0.05, 0) is 25.1 Å². The van der Waals surface area contributed by atoms with Gasteiger partial charge in [0.1, 0.15) is 20.2 Å². The Morgan fingerprint density at radius 2 is 2.29 bits per heavy atom. The molecule has 0 aliphatic heterocycles. The van der Waals surface area contributed by atoms with Gasteiger partial charge in [-0.25, -0.2) is 0 Å². The second-order valence-corrected chi connectivity index (χ2v) is 6.59. The zero-order valence-corrected chi connectivity index (χ0v) is 13.5. The van der Waals surface area contributed by atoms with Crippen LogP contribution in [0.4, 0.5) is 0 Å². The Morgan fingerprint density at radius 1 is 1.62 bits per heavy atom. The summed E-state index contributed by atoms with van der Waals surface area (Å²) in [6, 6.07) is 2.38. The molecule has 0 radical (unpaired) electrons. The van der Waals surface area contributed by atoms with Crippen LogP contribution in [0.3, 0.4) is 0 Å². The minimum atomic E-state index is -0.661. The topological polar surface area (TPSA) is 61.1 Å². The fraction of sp³-hybridized carbons (Fsp3) is 0.647. The molecule has 4 heteroatoms. The van der Waals surface area contributed by atoms with Gasteiger partial charge in [0.25, 0.3) is 0 Å². The number of nitriles is 1. The maximum absolute atomic E-state index is 11.9.